The molecule has 1 aromatic rings. The van der Waals surface area contributed by atoms with Crippen molar-refractivity contribution in [3.63, 3.8) is 0 Å². The van der Waals surface area contributed by atoms with Crippen molar-refractivity contribution in [2.75, 3.05) is 0 Å². The Morgan fingerprint density at radius 2 is 2.67 bits per heavy atom. The highest BCUT2D eigenvalue weighted by atomic mass is 16.1. The molecule has 9 heavy (non-hydrogen) atoms. The standard InChI is InChI=1S/C6H8N2O/c1-2-5(9)6-7-3-4-8-6/h3-4H,2H2,1H3,(H,7,8). The Kier molecular flexibility index (Phi) is 1.63. The van der Waals surface area contributed by atoms with Gasteiger partial charge in [0.05, 0.1) is 0 Å². The van der Waals surface area contributed by atoms with Crippen LogP contribution in [0.5, 0.6) is 0 Å². The first kappa shape index (κ1) is 6.01. The minimum absolute atomic E-state index is 0.0556. The zero-order valence-electron chi connectivity index (χ0n) is 5.22. The van der Waals surface area contributed by atoms with E-state index >= 15 is 0 Å². The molecule has 1 aromatic heterocycles. The number of nitrogens with zero attached hydrogens (tertiary/aromatic N) is 1. The number of H-pyrrole nitrogens is 1. The summed E-state index contributed by atoms with van der Waals surface area (Å²) in [5, 5.41) is 0. The van der Waals surface area contributed by atoms with E-state index in [1.807, 2.05) is 6.92 Å². The van der Waals surface area contributed by atoms with E-state index < -0.39 is 0 Å². The first-order valence-electron chi connectivity index (χ1n) is 2.87. The lowest BCUT2D eigenvalue weighted by Crippen LogP contribution is -1.97. The molecule has 0 aliphatic heterocycles. The van der Waals surface area contributed by atoms with Gasteiger partial charge in [0.25, 0.3) is 0 Å². The third-order valence-corrected chi connectivity index (χ3v) is 1.08. The van der Waals surface area contributed by atoms with Crippen LogP contribution in [0.3, 0.4) is 0 Å². The minimum Gasteiger partial charge on any atom is -0.342 e. The van der Waals surface area contributed by atoms with Crippen LogP contribution in [0.4, 0.5) is 0 Å². The molecule has 1 rings (SSSR count). The molecule has 0 unspecified atom stereocenters. The summed E-state index contributed by atoms with van der Waals surface area (Å²) < 4.78 is 0. The SMILES string of the molecule is CCC(=O)c1ncc[nH]1. The van der Waals surface area contributed by atoms with E-state index in [-0.39, 0.29) is 5.78 Å². The van der Waals surface area contributed by atoms with Gasteiger partial charge in [0.15, 0.2) is 11.6 Å². The molecule has 0 saturated heterocycles. The molecule has 3 nitrogen and oxygen atoms in total. The highest BCUT2D eigenvalue weighted by molar-refractivity contribution is 5.92. The lowest BCUT2D eigenvalue weighted by Gasteiger charge is -1.86. The summed E-state index contributed by atoms with van der Waals surface area (Å²) in [5.41, 5.74) is 0. The van der Waals surface area contributed by atoms with Gasteiger partial charge in [-0.3, -0.25) is 4.79 Å². The molecule has 3 heteroatoms. The van der Waals surface area contributed by atoms with Crippen LogP contribution in [0.1, 0.15) is 24.0 Å². The number of nitrogens with one attached hydrogen (secondary N) is 1. The van der Waals surface area contributed by atoms with Crippen LogP contribution >= 0.6 is 0 Å². The predicted octanol–water partition coefficient (Wildman–Crippen LogP) is 1.00. The van der Waals surface area contributed by atoms with Crippen LogP contribution in [0.15, 0.2) is 12.4 Å². The Labute approximate surface area is 53.1 Å². The Morgan fingerprint density at radius 1 is 1.89 bits per heavy atom. The second kappa shape index (κ2) is 2.44. The van der Waals surface area contributed by atoms with Crippen molar-refractivity contribution in [1.82, 2.24) is 9.97 Å². The first-order chi connectivity index (χ1) is 4.34. The molecule has 0 aliphatic rings. The highest BCUT2D eigenvalue weighted by Crippen LogP contribution is 1.92. The van der Waals surface area contributed by atoms with Gasteiger partial charge in [-0.1, -0.05) is 6.92 Å². The van der Waals surface area contributed by atoms with Crippen LogP contribution < -0.4 is 0 Å². The van der Waals surface area contributed by atoms with Gasteiger partial charge in [0, 0.05) is 18.8 Å². The minimum atomic E-state index is 0.0556. The Hall–Kier alpha value is -1.12. The van der Waals surface area contributed by atoms with Crippen LogP contribution in [-0.4, -0.2) is 15.8 Å². The molecule has 0 radical (unpaired) electrons. The van der Waals surface area contributed by atoms with Crippen LogP contribution in [0, 0.1) is 0 Å². The van der Waals surface area contributed by atoms with E-state index in [1.165, 1.54) is 0 Å². The lowest BCUT2D eigenvalue weighted by atomic mass is 10.3. The Morgan fingerprint density at radius 3 is 3.11 bits per heavy atom. The fraction of sp³-hybridized carbons (Fsp3) is 0.333. The summed E-state index contributed by atoms with van der Waals surface area (Å²) in [6, 6.07) is 0. The zero-order valence-corrected chi connectivity index (χ0v) is 5.22. The third kappa shape index (κ3) is 1.16. The molecule has 0 atom stereocenters. The van der Waals surface area contributed by atoms with Gasteiger partial charge in [-0.15, -0.1) is 0 Å². The van der Waals surface area contributed by atoms with Crippen molar-refractivity contribution < 1.29 is 4.79 Å². The normalized spacial score (nSPS) is 9.44. The summed E-state index contributed by atoms with van der Waals surface area (Å²) >= 11 is 0. The van der Waals surface area contributed by atoms with Gasteiger partial charge in [-0.25, -0.2) is 4.98 Å². The fourth-order valence-corrected chi connectivity index (χ4v) is 0.585. The number of aromatic amines is 1. The number of imidazole rings is 1. The number of carbonyl (C=O) groups is 1. The van der Waals surface area contributed by atoms with Crippen molar-refractivity contribution >= 4 is 5.78 Å². The van der Waals surface area contributed by atoms with Gasteiger partial charge in [-0.05, 0) is 0 Å². The molecule has 0 saturated carbocycles. The molecular formula is C6H8N2O. The number of rotatable bonds is 2. The zero-order chi connectivity index (χ0) is 6.69. The van der Waals surface area contributed by atoms with Crippen molar-refractivity contribution in [2.24, 2.45) is 0 Å². The summed E-state index contributed by atoms with van der Waals surface area (Å²) in [6.45, 7) is 1.81. The summed E-state index contributed by atoms with van der Waals surface area (Å²) in [6.07, 6.45) is 3.72. The van der Waals surface area contributed by atoms with Crippen molar-refractivity contribution in [3.05, 3.63) is 18.2 Å². The maximum absolute atomic E-state index is 10.8. The molecule has 48 valence electrons. The summed E-state index contributed by atoms with van der Waals surface area (Å²) in [7, 11) is 0. The van der Waals surface area contributed by atoms with Crippen LogP contribution in [0.25, 0.3) is 0 Å². The average molecular weight is 124 g/mol. The van der Waals surface area contributed by atoms with Gasteiger partial charge < -0.3 is 4.98 Å². The second-order valence-corrected chi connectivity index (χ2v) is 1.71. The van der Waals surface area contributed by atoms with Crippen molar-refractivity contribution in [2.45, 2.75) is 13.3 Å². The Balaban J connectivity index is 2.77. The van der Waals surface area contributed by atoms with Gasteiger partial charge in [0.1, 0.15) is 0 Å². The fourth-order valence-electron chi connectivity index (χ4n) is 0.585. The average Bonchev–Trinajstić information content (AvgIpc) is 2.37. The van der Waals surface area contributed by atoms with E-state index in [0.29, 0.717) is 12.2 Å². The van der Waals surface area contributed by atoms with Crippen molar-refractivity contribution in [3.8, 4) is 0 Å². The first-order valence-corrected chi connectivity index (χ1v) is 2.87. The number of hydrogen-bond donors (Lipinski definition) is 1. The van der Waals surface area contributed by atoms with E-state index in [0.717, 1.165) is 0 Å². The molecular weight excluding hydrogens is 116 g/mol. The summed E-state index contributed by atoms with van der Waals surface area (Å²) in [5.74, 6) is 0.512. The van der Waals surface area contributed by atoms with Gasteiger partial charge in [0.2, 0.25) is 0 Å². The molecule has 0 spiro atoms. The molecule has 1 heterocycles. The topological polar surface area (TPSA) is 45.8 Å². The lowest BCUT2D eigenvalue weighted by molar-refractivity contribution is 0.0979. The van der Waals surface area contributed by atoms with E-state index in [1.54, 1.807) is 12.4 Å². The maximum Gasteiger partial charge on any atom is 0.197 e. The summed E-state index contributed by atoms with van der Waals surface area (Å²) in [4.78, 5) is 17.3. The van der Waals surface area contributed by atoms with E-state index in [4.69, 9.17) is 0 Å². The predicted molar refractivity (Wildman–Crippen MR) is 33.2 cm³/mol. The number of ketones is 1. The quantitative estimate of drug-likeness (QED) is 0.598. The number of carbonyl (C=O) groups excluding carboxylic acids is 1. The van der Waals surface area contributed by atoms with Crippen LogP contribution in [0.2, 0.25) is 0 Å². The molecule has 0 amide bonds. The third-order valence-electron chi connectivity index (χ3n) is 1.08. The molecule has 0 aliphatic carbocycles. The van der Waals surface area contributed by atoms with E-state index in [9.17, 15) is 4.79 Å². The molecule has 0 fully saturated rings. The smallest absolute Gasteiger partial charge is 0.197 e. The number of Topliss-reactive ketones (excluding diaryl/α,β-unsaturated/α-hetero) is 1. The second-order valence-electron chi connectivity index (χ2n) is 1.71. The van der Waals surface area contributed by atoms with Crippen molar-refractivity contribution in [1.29, 1.82) is 0 Å². The number of hydrogen-bond acceptors (Lipinski definition) is 2. The molecule has 0 aromatic carbocycles. The maximum atomic E-state index is 10.8. The van der Waals surface area contributed by atoms with Crippen LogP contribution in [-0.2, 0) is 0 Å². The van der Waals surface area contributed by atoms with Gasteiger partial charge >= 0.3 is 0 Å². The molecule has 0 bridgehead atoms. The highest BCUT2D eigenvalue weighted by Gasteiger charge is 2.02. The number of aromatic nitrogens is 2. The molecule has 1 N–H and O–H groups in total. The largest absolute Gasteiger partial charge is 0.342 e. The monoisotopic (exact) mass is 124 g/mol. The van der Waals surface area contributed by atoms with E-state index in [2.05, 4.69) is 9.97 Å². The van der Waals surface area contributed by atoms with Gasteiger partial charge in [-0.2, -0.15) is 0 Å². The Bertz CT molecular complexity index is 191.